The number of rotatable bonds is 4. The first-order valence-corrected chi connectivity index (χ1v) is 4.28. The summed E-state index contributed by atoms with van der Waals surface area (Å²) in [5.41, 5.74) is 5.67. The van der Waals surface area contributed by atoms with E-state index in [0.29, 0.717) is 5.75 Å². The Morgan fingerprint density at radius 1 is 1.64 bits per heavy atom. The fraction of sp³-hybridized carbons (Fsp3) is 0.300. The van der Waals surface area contributed by atoms with Gasteiger partial charge >= 0.3 is 0 Å². The van der Waals surface area contributed by atoms with E-state index in [9.17, 15) is 9.90 Å². The summed E-state index contributed by atoms with van der Waals surface area (Å²) >= 11 is 0. The van der Waals surface area contributed by atoms with E-state index in [2.05, 4.69) is 0 Å². The van der Waals surface area contributed by atoms with E-state index in [0.717, 1.165) is 5.56 Å². The van der Waals surface area contributed by atoms with Crippen LogP contribution in [-0.2, 0) is 4.79 Å². The van der Waals surface area contributed by atoms with Crippen molar-refractivity contribution in [1.29, 1.82) is 0 Å². The van der Waals surface area contributed by atoms with E-state index in [1.165, 1.54) is 0 Å². The quantitative estimate of drug-likeness (QED) is 0.739. The van der Waals surface area contributed by atoms with E-state index in [1.807, 2.05) is 0 Å². The van der Waals surface area contributed by atoms with Gasteiger partial charge in [-0.2, -0.15) is 0 Å². The van der Waals surface area contributed by atoms with Crippen molar-refractivity contribution in [2.24, 2.45) is 5.73 Å². The fourth-order valence-corrected chi connectivity index (χ4v) is 1.02. The molecule has 0 aliphatic heterocycles. The van der Waals surface area contributed by atoms with Crippen molar-refractivity contribution in [3.8, 4) is 5.75 Å². The maximum Gasteiger partial charge on any atom is 0.255 e. The summed E-state index contributed by atoms with van der Waals surface area (Å²) in [4.78, 5) is 10.4. The second-order valence-corrected chi connectivity index (χ2v) is 3.00. The van der Waals surface area contributed by atoms with Crippen LogP contribution in [0.25, 0.3) is 0 Å². The molecule has 0 radical (unpaired) electrons. The number of amides is 1. The average molecular weight is 195 g/mol. The Labute approximate surface area is 82.3 Å². The van der Waals surface area contributed by atoms with Gasteiger partial charge in [0, 0.05) is 0 Å². The van der Waals surface area contributed by atoms with Gasteiger partial charge < -0.3 is 15.6 Å². The van der Waals surface area contributed by atoms with Crippen LogP contribution in [0.2, 0.25) is 0 Å². The van der Waals surface area contributed by atoms with E-state index in [1.54, 1.807) is 31.2 Å². The van der Waals surface area contributed by atoms with Crippen LogP contribution >= 0.6 is 0 Å². The number of hydrogen-bond donors (Lipinski definition) is 2. The third-order valence-corrected chi connectivity index (χ3v) is 1.72. The third kappa shape index (κ3) is 3.06. The standard InChI is InChI=1S/C10H13NO3/c1-7(12)8-3-2-4-9(5-8)14-6-10(11)13/h2-5,7,12H,6H2,1H3,(H2,11,13)/t7-/m1/s1. The minimum atomic E-state index is -0.549. The Morgan fingerprint density at radius 2 is 2.36 bits per heavy atom. The van der Waals surface area contributed by atoms with Gasteiger partial charge in [0.2, 0.25) is 0 Å². The lowest BCUT2D eigenvalue weighted by molar-refractivity contribution is -0.119. The van der Waals surface area contributed by atoms with Crippen molar-refractivity contribution in [3.63, 3.8) is 0 Å². The summed E-state index contributed by atoms with van der Waals surface area (Å²) in [6.07, 6.45) is -0.549. The topological polar surface area (TPSA) is 72.6 Å². The van der Waals surface area contributed by atoms with Crippen molar-refractivity contribution >= 4 is 5.91 Å². The minimum absolute atomic E-state index is 0.150. The lowest BCUT2D eigenvalue weighted by Gasteiger charge is -2.07. The van der Waals surface area contributed by atoms with Gasteiger partial charge in [0.25, 0.3) is 5.91 Å². The van der Waals surface area contributed by atoms with E-state index in [4.69, 9.17) is 10.5 Å². The molecule has 76 valence electrons. The highest BCUT2D eigenvalue weighted by Crippen LogP contribution is 2.18. The van der Waals surface area contributed by atoms with Gasteiger partial charge in [-0.1, -0.05) is 12.1 Å². The number of carbonyl (C=O) groups is 1. The second kappa shape index (κ2) is 4.62. The molecule has 0 aromatic heterocycles. The second-order valence-electron chi connectivity index (χ2n) is 3.00. The van der Waals surface area contributed by atoms with Gasteiger partial charge in [-0.05, 0) is 24.6 Å². The molecule has 0 heterocycles. The molecule has 0 spiro atoms. The predicted octanol–water partition coefficient (Wildman–Crippen LogP) is 0.604. The van der Waals surface area contributed by atoms with Crippen molar-refractivity contribution in [2.75, 3.05) is 6.61 Å². The molecule has 0 unspecified atom stereocenters. The summed E-state index contributed by atoms with van der Waals surface area (Å²) in [5, 5.41) is 9.28. The summed E-state index contributed by atoms with van der Waals surface area (Å²) in [7, 11) is 0. The van der Waals surface area contributed by atoms with Gasteiger partial charge in [0.1, 0.15) is 5.75 Å². The highest BCUT2D eigenvalue weighted by molar-refractivity contribution is 5.75. The molecular formula is C10H13NO3. The zero-order valence-electron chi connectivity index (χ0n) is 7.93. The molecule has 0 fully saturated rings. The Hall–Kier alpha value is -1.55. The summed E-state index contributed by atoms with van der Waals surface area (Å²) in [6.45, 7) is 1.51. The van der Waals surface area contributed by atoms with Crippen molar-refractivity contribution in [3.05, 3.63) is 29.8 Å². The molecule has 1 aromatic carbocycles. The Kier molecular flexibility index (Phi) is 3.48. The van der Waals surface area contributed by atoms with Crippen LogP contribution in [0.4, 0.5) is 0 Å². The van der Waals surface area contributed by atoms with E-state index < -0.39 is 12.0 Å². The van der Waals surface area contributed by atoms with Crippen molar-refractivity contribution in [2.45, 2.75) is 13.0 Å². The predicted molar refractivity (Wildman–Crippen MR) is 51.8 cm³/mol. The van der Waals surface area contributed by atoms with Crippen LogP contribution in [-0.4, -0.2) is 17.6 Å². The zero-order valence-corrected chi connectivity index (χ0v) is 7.93. The van der Waals surface area contributed by atoms with Crippen molar-refractivity contribution in [1.82, 2.24) is 0 Å². The van der Waals surface area contributed by atoms with E-state index in [-0.39, 0.29) is 6.61 Å². The molecule has 1 atom stereocenters. The minimum Gasteiger partial charge on any atom is -0.484 e. The molecule has 14 heavy (non-hydrogen) atoms. The first kappa shape index (κ1) is 10.5. The molecule has 0 bridgehead atoms. The molecule has 3 N–H and O–H groups in total. The number of benzene rings is 1. The highest BCUT2D eigenvalue weighted by atomic mass is 16.5. The molecule has 4 nitrogen and oxygen atoms in total. The first-order valence-electron chi connectivity index (χ1n) is 4.28. The molecule has 4 heteroatoms. The number of ether oxygens (including phenoxy) is 1. The van der Waals surface area contributed by atoms with Crippen LogP contribution < -0.4 is 10.5 Å². The lowest BCUT2D eigenvalue weighted by Crippen LogP contribution is -2.20. The van der Waals surface area contributed by atoms with Crippen LogP contribution in [0.3, 0.4) is 0 Å². The van der Waals surface area contributed by atoms with Gasteiger partial charge in [0.15, 0.2) is 6.61 Å². The molecule has 1 aromatic rings. The van der Waals surface area contributed by atoms with E-state index >= 15 is 0 Å². The Balaban J connectivity index is 2.68. The van der Waals surface area contributed by atoms with Crippen LogP contribution in [0.5, 0.6) is 5.75 Å². The monoisotopic (exact) mass is 195 g/mol. The smallest absolute Gasteiger partial charge is 0.255 e. The number of nitrogens with two attached hydrogens (primary N) is 1. The summed E-state index contributed by atoms with van der Waals surface area (Å²) < 4.78 is 5.07. The first-order chi connectivity index (χ1) is 6.59. The van der Waals surface area contributed by atoms with Crippen LogP contribution in [0.1, 0.15) is 18.6 Å². The Morgan fingerprint density at radius 3 is 2.93 bits per heavy atom. The molecule has 1 rings (SSSR count). The summed E-state index contributed by atoms with van der Waals surface area (Å²) in [5.74, 6) is 0.00894. The van der Waals surface area contributed by atoms with Gasteiger partial charge in [-0.15, -0.1) is 0 Å². The number of hydrogen-bond acceptors (Lipinski definition) is 3. The normalized spacial score (nSPS) is 12.1. The molecule has 0 saturated carbocycles. The van der Waals surface area contributed by atoms with Crippen molar-refractivity contribution < 1.29 is 14.6 Å². The zero-order chi connectivity index (χ0) is 10.6. The summed E-state index contributed by atoms with van der Waals surface area (Å²) in [6, 6.07) is 6.91. The molecule has 1 amide bonds. The molecule has 0 aliphatic carbocycles. The lowest BCUT2D eigenvalue weighted by atomic mass is 10.1. The Bertz CT molecular complexity index is 323. The molecule has 0 saturated heterocycles. The fourth-order valence-electron chi connectivity index (χ4n) is 1.02. The average Bonchev–Trinajstić information content (AvgIpc) is 2.15. The maximum absolute atomic E-state index is 10.4. The highest BCUT2D eigenvalue weighted by Gasteiger charge is 2.02. The SMILES string of the molecule is C[C@@H](O)c1cccc(OCC(N)=O)c1. The van der Waals surface area contributed by atoms with Gasteiger partial charge in [0.05, 0.1) is 6.10 Å². The number of carbonyl (C=O) groups excluding carboxylic acids is 1. The third-order valence-electron chi connectivity index (χ3n) is 1.72. The molecular weight excluding hydrogens is 182 g/mol. The number of aliphatic hydroxyl groups excluding tert-OH is 1. The number of aliphatic hydroxyl groups is 1. The van der Waals surface area contributed by atoms with Crippen LogP contribution in [0.15, 0.2) is 24.3 Å². The van der Waals surface area contributed by atoms with Gasteiger partial charge in [-0.25, -0.2) is 0 Å². The van der Waals surface area contributed by atoms with Crippen LogP contribution in [0, 0.1) is 0 Å². The van der Waals surface area contributed by atoms with Gasteiger partial charge in [-0.3, -0.25) is 4.79 Å². The molecule has 0 aliphatic rings. The largest absolute Gasteiger partial charge is 0.484 e. The maximum atomic E-state index is 10.4. The number of primary amides is 1.